The van der Waals surface area contributed by atoms with E-state index in [1.807, 2.05) is 63.2 Å². The van der Waals surface area contributed by atoms with Crippen molar-refractivity contribution in [3.8, 4) is 29.1 Å². The largest absolute Gasteiger partial charge is 0.494 e. The Morgan fingerprint density at radius 3 is 2.26 bits per heavy atom. The summed E-state index contributed by atoms with van der Waals surface area (Å²) in [6.07, 6.45) is 1.38. The Balaban J connectivity index is 2.01. The first-order valence-electron chi connectivity index (χ1n) is 11.2. The summed E-state index contributed by atoms with van der Waals surface area (Å²) in [5.41, 5.74) is 2.59. The van der Waals surface area contributed by atoms with Gasteiger partial charge in [0.15, 0.2) is 6.10 Å². The fourth-order valence-corrected chi connectivity index (χ4v) is 3.78. The topological polar surface area (TPSA) is 74.2 Å². The van der Waals surface area contributed by atoms with Gasteiger partial charge in [-0.1, -0.05) is 17.9 Å². The van der Waals surface area contributed by atoms with Gasteiger partial charge in [-0.25, -0.2) is 4.79 Å². The van der Waals surface area contributed by atoms with Crippen LogP contribution in [-0.2, 0) is 16.0 Å². The summed E-state index contributed by atoms with van der Waals surface area (Å²) in [4.78, 5) is 11.3. The highest BCUT2D eigenvalue weighted by molar-refractivity contribution is 14.1. The van der Waals surface area contributed by atoms with Gasteiger partial charge in [-0.05, 0) is 91.8 Å². The first kappa shape index (κ1) is 27.5. The minimum absolute atomic E-state index is 0.309. The summed E-state index contributed by atoms with van der Waals surface area (Å²) < 4.78 is 23.3. The molecule has 0 radical (unpaired) electrons. The standard InChI is InChI=1S/C27H31IO6/c1-5-31-22-14-20(15-23(18-22)32-6-2)9-8-19(4)12-13-34-25-11-10-21(16-24(25)28)17-26(27(29)30)33-7-3/h10-12,14-16,18,26H,5-7,13,17H2,1-4H3,(H,29,30)/b19-12-/t26-/m0/s1. The van der Waals surface area contributed by atoms with E-state index in [0.29, 0.717) is 32.8 Å². The van der Waals surface area contributed by atoms with Gasteiger partial charge in [0.1, 0.15) is 23.9 Å². The summed E-state index contributed by atoms with van der Waals surface area (Å²) >= 11 is 2.19. The zero-order chi connectivity index (χ0) is 24.9. The second kappa shape index (κ2) is 14.5. The Morgan fingerprint density at radius 2 is 1.71 bits per heavy atom. The molecule has 0 aromatic heterocycles. The summed E-state index contributed by atoms with van der Waals surface area (Å²) in [6.45, 7) is 9.47. The van der Waals surface area contributed by atoms with Crippen molar-refractivity contribution in [1.82, 2.24) is 0 Å². The van der Waals surface area contributed by atoms with Crippen molar-refractivity contribution in [2.24, 2.45) is 0 Å². The molecule has 2 aromatic rings. The van der Waals surface area contributed by atoms with E-state index in [-0.39, 0.29) is 0 Å². The zero-order valence-corrected chi connectivity index (χ0v) is 22.2. The number of allylic oxidation sites excluding steroid dienone is 1. The molecule has 1 atom stereocenters. The van der Waals surface area contributed by atoms with Crippen LogP contribution in [0.15, 0.2) is 48.0 Å². The maximum absolute atomic E-state index is 11.3. The number of carboxylic acids is 1. The lowest BCUT2D eigenvalue weighted by atomic mass is 10.1. The molecule has 0 bridgehead atoms. The van der Waals surface area contributed by atoms with Crippen LogP contribution in [0.2, 0.25) is 0 Å². The maximum atomic E-state index is 11.3. The van der Waals surface area contributed by atoms with E-state index < -0.39 is 12.1 Å². The zero-order valence-electron chi connectivity index (χ0n) is 20.0. The first-order chi connectivity index (χ1) is 16.4. The second-order valence-corrected chi connectivity index (χ2v) is 8.42. The predicted molar refractivity (Wildman–Crippen MR) is 141 cm³/mol. The Bertz CT molecular complexity index is 1030. The van der Waals surface area contributed by atoms with Gasteiger partial charge in [0.2, 0.25) is 0 Å². The highest BCUT2D eigenvalue weighted by Gasteiger charge is 2.18. The lowest BCUT2D eigenvalue weighted by Gasteiger charge is -2.13. The number of rotatable bonds is 12. The van der Waals surface area contributed by atoms with Gasteiger partial charge in [0.25, 0.3) is 0 Å². The lowest BCUT2D eigenvalue weighted by Crippen LogP contribution is -2.26. The fraction of sp³-hybridized carbons (Fsp3) is 0.370. The molecule has 0 aliphatic heterocycles. The number of halogens is 1. The first-order valence-corrected chi connectivity index (χ1v) is 12.3. The lowest BCUT2D eigenvalue weighted by molar-refractivity contribution is -0.149. The van der Waals surface area contributed by atoms with E-state index in [2.05, 4.69) is 34.4 Å². The summed E-state index contributed by atoms with van der Waals surface area (Å²) in [7, 11) is 0. The van der Waals surface area contributed by atoms with Crippen molar-refractivity contribution in [3.63, 3.8) is 0 Å². The van der Waals surface area contributed by atoms with E-state index in [9.17, 15) is 9.90 Å². The van der Waals surface area contributed by atoms with Crippen LogP contribution in [0.3, 0.4) is 0 Å². The Hall–Kier alpha value is -2.70. The number of aliphatic carboxylic acids is 1. The molecule has 0 amide bonds. The van der Waals surface area contributed by atoms with Gasteiger partial charge in [-0.3, -0.25) is 0 Å². The molecule has 6 nitrogen and oxygen atoms in total. The molecule has 2 rings (SSSR count). The molecule has 0 unspecified atom stereocenters. The molecule has 0 saturated carbocycles. The number of hydrogen-bond donors (Lipinski definition) is 1. The van der Waals surface area contributed by atoms with Gasteiger partial charge >= 0.3 is 5.97 Å². The fourth-order valence-electron chi connectivity index (χ4n) is 3.04. The summed E-state index contributed by atoms with van der Waals surface area (Å²) in [5.74, 6) is 7.53. The van der Waals surface area contributed by atoms with Crippen LogP contribution in [0.4, 0.5) is 0 Å². The molecular weight excluding hydrogens is 547 g/mol. The molecule has 34 heavy (non-hydrogen) atoms. The Kier molecular flexibility index (Phi) is 11.8. The van der Waals surface area contributed by atoms with Crippen LogP contribution in [0.25, 0.3) is 0 Å². The number of ether oxygens (including phenoxy) is 4. The quantitative estimate of drug-likeness (QED) is 0.265. The van der Waals surface area contributed by atoms with E-state index in [1.165, 1.54) is 0 Å². The van der Waals surface area contributed by atoms with E-state index in [4.69, 9.17) is 18.9 Å². The molecule has 2 aromatic carbocycles. The van der Waals surface area contributed by atoms with Crippen molar-refractivity contribution in [2.75, 3.05) is 26.4 Å². The second-order valence-electron chi connectivity index (χ2n) is 7.26. The van der Waals surface area contributed by atoms with Gasteiger partial charge in [-0.2, -0.15) is 0 Å². The van der Waals surface area contributed by atoms with Gasteiger partial charge in [0, 0.05) is 24.7 Å². The Morgan fingerprint density at radius 1 is 1.03 bits per heavy atom. The maximum Gasteiger partial charge on any atom is 0.333 e. The number of hydrogen-bond acceptors (Lipinski definition) is 5. The molecule has 1 N–H and O–H groups in total. The number of benzene rings is 2. The number of carbonyl (C=O) groups is 1. The third-order valence-corrected chi connectivity index (χ3v) is 5.44. The van der Waals surface area contributed by atoms with Crippen LogP contribution in [0.1, 0.15) is 38.8 Å². The molecule has 0 aliphatic rings. The third-order valence-electron chi connectivity index (χ3n) is 4.60. The monoisotopic (exact) mass is 578 g/mol. The van der Waals surface area contributed by atoms with Gasteiger partial charge in [-0.15, -0.1) is 0 Å². The van der Waals surface area contributed by atoms with E-state index in [1.54, 1.807) is 6.92 Å². The van der Waals surface area contributed by atoms with Crippen molar-refractivity contribution in [3.05, 3.63) is 62.7 Å². The minimum atomic E-state index is -0.961. The molecular formula is C27H31IO6. The van der Waals surface area contributed by atoms with Crippen molar-refractivity contribution < 1.29 is 28.8 Å². The van der Waals surface area contributed by atoms with Gasteiger partial charge in [0.05, 0.1) is 16.8 Å². The molecule has 0 spiro atoms. The van der Waals surface area contributed by atoms with Crippen LogP contribution in [0, 0.1) is 15.4 Å². The third kappa shape index (κ3) is 9.27. The van der Waals surface area contributed by atoms with E-state index >= 15 is 0 Å². The van der Waals surface area contributed by atoms with E-state index in [0.717, 1.165) is 37.5 Å². The normalized spacial score (nSPS) is 11.9. The molecule has 0 fully saturated rings. The summed E-state index contributed by atoms with van der Waals surface area (Å²) in [6, 6.07) is 11.3. The van der Waals surface area contributed by atoms with Crippen molar-refractivity contribution in [2.45, 2.75) is 40.2 Å². The van der Waals surface area contributed by atoms with Crippen LogP contribution >= 0.6 is 22.6 Å². The summed E-state index contributed by atoms with van der Waals surface area (Å²) in [5, 5.41) is 9.27. The molecule has 182 valence electrons. The Labute approximate surface area is 215 Å². The highest BCUT2D eigenvalue weighted by Crippen LogP contribution is 2.24. The van der Waals surface area contributed by atoms with Gasteiger partial charge < -0.3 is 24.1 Å². The van der Waals surface area contributed by atoms with Crippen molar-refractivity contribution >= 4 is 28.6 Å². The predicted octanol–water partition coefficient (Wildman–Crippen LogP) is 5.50. The van der Waals surface area contributed by atoms with Crippen LogP contribution in [0.5, 0.6) is 17.2 Å². The molecule has 7 heteroatoms. The van der Waals surface area contributed by atoms with Crippen LogP contribution in [-0.4, -0.2) is 43.6 Å². The van der Waals surface area contributed by atoms with Crippen LogP contribution < -0.4 is 14.2 Å². The SMILES string of the molecule is CCOc1cc(C#C/C(C)=C\COc2ccc(C[C@H](OCC)C(=O)O)cc2I)cc(OCC)c1. The number of carboxylic acid groups (broad SMARTS) is 1. The molecule has 0 heterocycles. The average Bonchev–Trinajstić information content (AvgIpc) is 2.79. The average molecular weight is 578 g/mol. The highest BCUT2D eigenvalue weighted by atomic mass is 127. The smallest absolute Gasteiger partial charge is 0.333 e. The minimum Gasteiger partial charge on any atom is -0.494 e. The molecule has 0 aliphatic carbocycles. The molecule has 0 saturated heterocycles. The van der Waals surface area contributed by atoms with Crippen molar-refractivity contribution in [1.29, 1.82) is 0 Å².